The van der Waals surface area contributed by atoms with E-state index in [0.29, 0.717) is 27.1 Å². The lowest BCUT2D eigenvalue weighted by Crippen LogP contribution is -2.34. The summed E-state index contributed by atoms with van der Waals surface area (Å²) in [5, 5.41) is 0.204. The number of ether oxygens (including phenoxy) is 1. The summed E-state index contributed by atoms with van der Waals surface area (Å²) in [6.07, 6.45) is 1.43. The Bertz CT molecular complexity index is 937. The Morgan fingerprint density at radius 2 is 2.04 bits per heavy atom. The Hall–Kier alpha value is -2.22. The Morgan fingerprint density at radius 1 is 1.27 bits per heavy atom. The molecule has 2 amide bonds. The van der Waals surface area contributed by atoms with E-state index in [2.05, 4.69) is 4.74 Å². The largest absolute Gasteiger partial charge is 0.468 e. The number of thioether (sulfide) groups is 1. The van der Waals surface area contributed by atoms with Crippen molar-refractivity contribution in [2.24, 2.45) is 0 Å². The number of imide groups is 1. The van der Waals surface area contributed by atoms with Gasteiger partial charge in [0.15, 0.2) is 0 Å². The molecule has 0 saturated carbocycles. The van der Waals surface area contributed by atoms with Crippen molar-refractivity contribution in [1.29, 1.82) is 0 Å². The maximum atomic E-state index is 12.3. The quantitative estimate of drug-likeness (QED) is 0.545. The molecule has 26 heavy (non-hydrogen) atoms. The lowest BCUT2D eigenvalue weighted by atomic mass is 10.2. The van der Waals surface area contributed by atoms with Crippen molar-refractivity contribution >= 4 is 58.2 Å². The molecule has 0 radical (unpaired) electrons. The van der Waals surface area contributed by atoms with E-state index in [1.165, 1.54) is 13.2 Å². The summed E-state index contributed by atoms with van der Waals surface area (Å²) in [7, 11) is 1.18. The highest BCUT2D eigenvalue weighted by atomic mass is 35.5. The minimum absolute atomic E-state index is 0.150. The minimum atomic E-state index is -0.676. The minimum Gasteiger partial charge on any atom is -0.468 e. The second kappa shape index (κ2) is 7.57. The summed E-state index contributed by atoms with van der Waals surface area (Å²) in [5.74, 6) is -0.425. The third-order valence-electron chi connectivity index (χ3n) is 3.51. The van der Waals surface area contributed by atoms with E-state index >= 15 is 0 Å². The highest BCUT2D eigenvalue weighted by molar-refractivity contribution is 8.18. The van der Waals surface area contributed by atoms with Crippen molar-refractivity contribution in [1.82, 2.24) is 4.90 Å². The number of furan rings is 1. The van der Waals surface area contributed by atoms with Crippen LogP contribution >= 0.6 is 35.0 Å². The predicted octanol–water partition coefficient (Wildman–Crippen LogP) is 4.46. The van der Waals surface area contributed by atoms with E-state index < -0.39 is 23.7 Å². The molecular formula is C17H11Cl2NO5S. The molecular weight excluding hydrogens is 401 g/mol. The van der Waals surface area contributed by atoms with E-state index in [1.807, 2.05) is 0 Å². The third kappa shape index (κ3) is 3.65. The fourth-order valence-corrected chi connectivity index (χ4v) is 3.44. The number of esters is 1. The first kappa shape index (κ1) is 18.6. The summed E-state index contributed by atoms with van der Waals surface area (Å²) in [5.41, 5.74) is 0.609. The van der Waals surface area contributed by atoms with Crippen LogP contribution in [0.2, 0.25) is 10.0 Å². The van der Waals surface area contributed by atoms with Crippen LogP contribution in [0.15, 0.2) is 39.7 Å². The molecule has 1 aromatic heterocycles. The van der Waals surface area contributed by atoms with Crippen LogP contribution in [-0.2, 0) is 14.3 Å². The number of carbonyl (C=O) groups is 3. The van der Waals surface area contributed by atoms with Crippen LogP contribution in [0.1, 0.15) is 5.76 Å². The van der Waals surface area contributed by atoms with Crippen LogP contribution in [0.5, 0.6) is 0 Å². The molecule has 1 saturated heterocycles. The smallest absolute Gasteiger partial charge is 0.325 e. The van der Waals surface area contributed by atoms with Gasteiger partial charge in [0.25, 0.3) is 11.1 Å². The number of hydrogen-bond donors (Lipinski definition) is 0. The molecule has 0 atom stereocenters. The molecule has 0 N–H and O–H groups in total. The zero-order valence-corrected chi connectivity index (χ0v) is 15.7. The molecule has 0 aliphatic carbocycles. The van der Waals surface area contributed by atoms with Crippen molar-refractivity contribution in [3.8, 4) is 11.3 Å². The average Bonchev–Trinajstić information content (AvgIpc) is 3.17. The van der Waals surface area contributed by atoms with Crippen LogP contribution in [0.3, 0.4) is 0 Å². The van der Waals surface area contributed by atoms with Crippen molar-refractivity contribution in [2.45, 2.75) is 0 Å². The Labute approximate surface area is 162 Å². The van der Waals surface area contributed by atoms with Crippen LogP contribution in [0.4, 0.5) is 4.79 Å². The molecule has 9 heteroatoms. The average molecular weight is 412 g/mol. The number of rotatable bonds is 4. The van der Waals surface area contributed by atoms with Gasteiger partial charge in [-0.05, 0) is 36.0 Å². The van der Waals surface area contributed by atoms with Gasteiger partial charge in [0, 0.05) is 11.6 Å². The summed E-state index contributed by atoms with van der Waals surface area (Å²) in [4.78, 5) is 36.5. The monoisotopic (exact) mass is 411 g/mol. The standard InChI is InChI=1S/C17H11Cl2NO5S/c1-24-14(21)8-20-16(22)13(26-17(20)23)7-9-5-6-12(25-9)10-3-2-4-11(18)15(10)19/h2-7H,8H2,1H3/b13-7-. The zero-order chi connectivity index (χ0) is 18.8. The number of nitrogens with zero attached hydrogens (tertiary/aromatic N) is 1. The van der Waals surface area contributed by atoms with Gasteiger partial charge in [-0.15, -0.1) is 0 Å². The van der Waals surface area contributed by atoms with Gasteiger partial charge >= 0.3 is 5.97 Å². The van der Waals surface area contributed by atoms with Gasteiger partial charge in [0.2, 0.25) is 0 Å². The molecule has 2 heterocycles. The van der Waals surface area contributed by atoms with Crippen molar-refractivity contribution in [2.75, 3.05) is 13.7 Å². The van der Waals surface area contributed by atoms with E-state index in [9.17, 15) is 14.4 Å². The molecule has 134 valence electrons. The van der Waals surface area contributed by atoms with E-state index in [-0.39, 0.29) is 4.91 Å². The first-order valence-corrected chi connectivity index (χ1v) is 8.84. The number of amides is 2. The van der Waals surface area contributed by atoms with Crippen molar-refractivity contribution in [3.05, 3.63) is 51.0 Å². The van der Waals surface area contributed by atoms with Gasteiger partial charge in [-0.1, -0.05) is 29.3 Å². The SMILES string of the molecule is COC(=O)CN1C(=O)S/C(=C\c2ccc(-c3cccc(Cl)c3Cl)o2)C1=O. The summed E-state index contributed by atoms with van der Waals surface area (Å²) < 4.78 is 10.2. The van der Waals surface area contributed by atoms with Gasteiger partial charge in [-0.25, -0.2) is 0 Å². The second-order valence-corrected chi connectivity index (χ2v) is 6.93. The maximum Gasteiger partial charge on any atom is 0.325 e. The van der Waals surface area contributed by atoms with Gasteiger partial charge in [0.05, 0.1) is 22.1 Å². The first-order chi connectivity index (χ1) is 12.4. The first-order valence-electron chi connectivity index (χ1n) is 7.27. The Kier molecular flexibility index (Phi) is 5.41. The maximum absolute atomic E-state index is 12.3. The molecule has 0 bridgehead atoms. The van der Waals surface area contributed by atoms with Crippen molar-refractivity contribution in [3.63, 3.8) is 0 Å². The molecule has 1 aliphatic heterocycles. The molecule has 1 aliphatic rings. The Balaban J connectivity index is 1.84. The fourth-order valence-electron chi connectivity index (χ4n) is 2.23. The highest BCUT2D eigenvalue weighted by Crippen LogP contribution is 2.36. The molecule has 0 spiro atoms. The lowest BCUT2D eigenvalue weighted by molar-refractivity contribution is -0.143. The Morgan fingerprint density at radius 3 is 2.77 bits per heavy atom. The van der Waals surface area contributed by atoms with Crippen LogP contribution in [-0.4, -0.2) is 35.7 Å². The number of methoxy groups -OCH3 is 1. The molecule has 1 aromatic carbocycles. The molecule has 2 aromatic rings. The van der Waals surface area contributed by atoms with Gasteiger partial charge in [-0.2, -0.15) is 0 Å². The normalized spacial score (nSPS) is 15.8. The molecule has 0 unspecified atom stereocenters. The number of halogens is 2. The number of carbonyl (C=O) groups excluding carboxylic acids is 3. The van der Waals surface area contributed by atoms with E-state index in [4.69, 9.17) is 27.6 Å². The number of hydrogen-bond acceptors (Lipinski definition) is 6. The highest BCUT2D eigenvalue weighted by Gasteiger charge is 2.36. The van der Waals surface area contributed by atoms with E-state index in [1.54, 1.807) is 30.3 Å². The van der Waals surface area contributed by atoms with Crippen LogP contribution in [0, 0.1) is 0 Å². The molecule has 1 fully saturated rings. The van der Waals surface area contributed by atoms with Gasteiger partial charge < -0.3 is 9.15 Å². The van der Waals surface area contributed by atoms with Crippen molar-refractivity contribution < 1.29 is 23.5 Å². The fraction of sp³-hybridized carbons (Fsp3) is 0.118. The number of benzene rings is 1. The predicted molar refractivity (Wildman–Crippen MR) is 98.9 cm³/mol. The van der Waals surface area contributed by atoms with Crippen LogP contribution < -0.4 is 0 Å². The van der Waals surface area contributed by atoms with Gasteiger partial charge in [-0.3, -0.25) is 19.3 Å². The van der Waals surface area contributed by atoms with E-state index in [0.717, 1.165) is 16.7 Å². The van der Waals surface area contributed by atoms with Crippen LogP contribution in [0.25, 0.3) is 17.4 Å². The third-order valence-corrected chi connectivity index (χ3v) is 5.23. The van der Waals surface area contributed by atoms with Gasteiger partial charge in [0.1, 0.15) is 18.1 Å². The summed E-state index contributed by atoms with van der Waals surface area (Å²) in [6.45, 7) is -0.431. The summed E-state index contributed by atoms with van der Waals surface area (Å²) in [6, 6.07) is 8.47. The molecule has 6 nitrogen and oxygen atoms in total. The zero-order valence-electron chi connectivity index (χ0n) is 13.3. The topological polar surface area (TPSA) is 76.8 Å². The second-order valence-electron chi connectivity index (χ2n) is 5.15. The lowest BCUT2D eigenvalue weighted by Gasteiger charge is -2.09. The molecule has 3 rings (SSSR count). The summed E-state index contributed by atoms with van der Waals surface area (Å²) >= 11 is 12.9.